The molecule has 1 unspecified atom stereocenters. The third kappa shape index (κ3) is 4.17. The van der Waals surface area contributed by atoms with Crippen molar-refractivity contribution < 1.29 is 4.79 Å². The van der Waals surface area contributed by atoms with E-state index < -0.39 is 0 Å². The molecular weight excluding hydrogens is 386 g/mol. The lowest BCUT2D eigenvalue weighted by Gasteiger charge is -2.17. The maximum atomic E-state index is 12.9. The molecule has 0 fully saturated rings. The number of amides is 1. The number of anilines is 1. The lowest BCUT2D eigenvalue weighted by Crippen LogP contribution is -2.26. The van der Waals surface area contributed by atoms with Gasteiger partial charge in [-0.25, -0.2) is 9.97 Å². The van der Waals surface area contributed by atoms with Gasteiger partial charge in [-0.05, 0) is 38.5 Å². The number of carbonyl (C=O) groups excluding carboxylic acids is 1. The number of H-pyrrole nitrogens is 1. The second kappa shape index (κ2) is 8.14. The van der Waals surface area contributed by atoms with Gasteiger partial charge in [0.25, 0.3) is 5.56 Å². The Morgan fingerprint density at radius 2 is 2.26 bits per heavy atom. The number of hydrogen-bond acceptors (Lipinski definition) is 5. The number of nitrogens with one attached hydrogen (secondary N) is 2. The van der Waals surface area contributed by atoms with Gasteiger partial charge in [0.05, 0.1) is 17.0 Å². The zero-order valence-electron chi connectivity index (χ0n) is 15.2. The molecular formula is C18H20ClN5O2S. The molecule has 3 aromatic heterocycles. The molecule has 27 heavy (non-hydrogen) atoms. The van der Waals surface area contributed by atoms with Crippen LogP contribution in [0.5, 0.6) is 0 Å². The van der Waals surface area contributed by atoms with Gasteiger partial charge in [-0.3, -0.25) is 14.2 Å². The smallest absolute Gasteiger partial charge is 0.278 e. The van der Waals surface area contributed by atoms with Crippen LogP contribution >= 0.6 is 23.4 Å². The number of hydrogen-bond donors (Lipinski definition) is 2. The number of fused-ring (bicyclic) bond motifs is 1. The van der Waals surface area contributed by atoms with Crippen LogP contribution in [-0.2, 0) is 4.79 Å². The van der Waals surface area contributed by atoms with Gasteiger partial charge in [0.15, 0.2) is 10.3 Å². The standard InChI is InChI=1S/C18H20ClN5O2S/c1-4-11(3)24-17(26)15-13(8-10(2)21-15)23-18(24)27-9-14(25)22-12-6-5-7-20-16(12)19/h5-8,11,21H,4,9H2,1-3H3,(H,22,25). The molecule has 1 amide bonds. The molecule has 142 valence electrons. The molecule has 2 N–H and O–H groups in total. The Labute approximate surface area is 165 Å². The Hall–Kier alpha value is -2.32. The largest absolute Gasteiger partial charge is 0.353 e. The summed E-state index contributed by atoms with van der Waals surface area (Å²) in [6, 6.07) is 5.17. The predicted octanol–water partition coefficient (Wildman–Crippen LogP) is 3.78. The predicted molar refractivity (Wildman–Crippen MR) is 109 cm³/mol. The minimum Gasteiger partial charge on any atom is -0.353 e. The van der Waals surface area contributed by atoms with Gasteiger partial charge in [-0.1, -0.05) is 30.3 Å². The molecule has 3 aromatic rings. The fraction of sp³-hybridized carbons (Fsp3) is 0.333. The monoisotopic (exact) mass is 405 g/mol. The summed E-state index contributed by atoms with van der Waals surface area (Å²) in [6.45, 7) is 5.85. The fourth-order valence-electron chi connectivity index (χ4n) is 2.66. The van der Waals surface area contributed by atoms with E-state index in [1.54, 1.807) is 22.9 Å². The van der Waals surface area contributed by atoms with Gasteiger partial charge in [-0.2, -0.15) is 0 Å². The minimum absolute atomic E-state index is 0.0312. The van der Waals surface area contributed by atoms with E-state index in [-0.39, 0.29) is 28.4 Å². The Bertz CT molecular complexity index is 1050. The summed E-state index contributed by atoms with van der Waals surface area (Å²) < 4.78 is 1.65. The van der Waals surface area contributed by atoms with E-state index in [9.17, 15) is 9.59 Å². The van der Waals surface area contributed by atoms with Crippen molar-refractivity contribution in [2.45, 2.75) is 38.4 Å². The van der Waals surface area contributed by atoms with E-state index in [0.29, 0.717) is 21.9 Å². The molecule has 7 nitrogen and oxygen atoms in total. The number of aromatic nitrogens is 4. The number of rotatable bonds is 6. The summed E-state index contributed by atoms with van der Waals surface area (Å²) in [5.41, 5.74) is 2.30. The summed E-state index contributed by atoms with van der Waals surface area (Å²) in [4.78, 5) is 36.8. The number of pyridine rings is 1. The topological polar surface area (TPSA) is 92.7 Å². The molecule has 0 saturated heterocycles. The zero-order chi connectivity index (χ0) is 19.6. The first kappa shape index (κ1) is 19.4. The number of nitrogens with zero attached hydrogens (tertiary/aromatic N) is 3. The quantitative estimate of drug-likeness (QED) is 0.370. The van der Waals surface area contributed by atoms with Crippen molar-refractivity contribution in [2.75, 3.05) is 11.1 Å². The van der Waals surface area contributed by atoms with Crippen molar-refractivity contribution >= 4 is 46.0 Å². The van der Waals surface area contributed by atoms with Crippen LogP contribution in [0.4, 0.5) is 5.69 Å². The average molecular weight is 406 g/mol. The Balaban J connectivity index is 1.86. The summed E-state index contributed by atoms with van der Waals surface area (Å²) >= 11 is 7.19. The van der Waals surface area contributed by atoms with Crippen LogP contribution in [0.2, 0.25) is 5.15 Å². The minimum atomic E-state index is -0.245. The molecule has 0 aliphatic heterocycles. The maximum absolute atomic E-state index is 12.9. The maximum Gasteiger partial charge on any atom is 0.278 e. The van der Waals surface area contributed by atoms with E-state index in [4.69, 9.17) is 11.6 Å². The third-order valence-corrected chi connectivity index (χ3v) is 5.44. The van der Waals surface area contributed by atoms with Gasteiger partial charge in [0.2, 0.25) is 5.91 Å². The highest BCUT2D eigenvalue weighted by atomic mass is 35.5. The molecule has 3 rings (SSSR count). The van der Waals surface area contributed by atoms with Crippen molar-refractivity contribution in [1.82, 2.24) is 19.5 Å². The lowest BCUT2D eigenvalue weighted by atomic mass is 10.2. The molecule has 0 spiro atoms. The molecule has 3 heterocycles. The summed E-state index contributed by atoms with van der Waals surface area (Å²) in [7, 11) is 0. The SMILES string of the molecule is CCC(C)n1c(SCC(=O)Nc2cccnc2Cl)nc2cc(C)[nH]c2c1=O. The summed E-state index contributed by atoms with van der Waals surface area (Å²) in [6.07, 6.45) is 2.33. The van der Waals surface area contributed by atoms with Gasteiger partial charge < -0.3 is 10.3 Å². The van der Waals surface area contributed by atoms with Gasteiger partial charge in [0, 0.05) is 17.9 Å². The number of carbonyl (C=O) groups is 1. The highest BCUT2D eigenvalue weighted by Crippen LogP contribution is 2.23. The van der Waals surface area contributed by atoms with E-state index in [2.05, 4.69) is 20.3 Å². The number of halogens is 1. The average Bonchev–Trinajstić information content (AvgIpc) is 3.02. The molecule has 0 radical (unpaired) electrons. The second-order valence-corrected chi connectivity index (χ2v) is 7.52. The van der Waals surface area contributed by atoms with Crippen LogP contribution in [0.3, 0.4) is 0 Å². The highest BCUT2D eigenvalue weighted by molar-refractivity contribution is 7.99. The Kier molecular flexibility index (Phi) is 5.86. The molecule has 0 bridgehead atoms. The third-order valence-electron chi connectivity index (χ3n) is 4.18. The molecule has 0 aliphatic rings. The summed E-state index contributed by atoms with van der Waals surface area (Å²) in [5.74, 6) is -0.145. The second-order valence-electron chi connectivity index (χ2n) is 6.22. The van der Waals surface area contributed by atoms with Crippen molar-refractivity contribution in [3.63, 3.8) is 0 Å². The van der Waals surface area contributed by atoms with E-state index in [0.717, 1.165) is 12.1 Å². The van der Waals surface area contributed by atoms with Crippen LogP contribution in [0.25, 0.3) is 11.0 Å². The van der Waals surface area contributed by atoms with Crippen molar-refractivity contribution in [1.29, 1.82) is 0 Å². The number of aryl methyl sites for hydroxylation is 1. The normalized spacial score (nSPS) is 12.3. The van der Waals surface area contributed by atoms with E-state index >= 15 is 0 Å². The molecule has 0 saturated carbocycles. The molecule has 1 atom stereocenters. The first-order valence-corrected chi connectivity index (χ1v) is 9.92. The van der Waals surface area contributed by atoms with Crippen LogP contribution < -0.4 is 10.9 Å². The van der Waals surface area contributed by atoms with Crippen LogP contribution in [0.1, 0.15) is 32.0 Å². The first-order chi connectivity index (χ1) is 12.9. The van der Waals surface area contributed by atoms with Crippen molar-refractivity contribution in [3.8, 4) is 0 Å². The fourth-order valence-corrected chi connectivity index (χ4v) is 3.72. The molecule has 9 heteroatoms. The molecule has 0 aromatic carbocycles. The number of thioether (sulfide) groups is 1. The van der Waals surface area contributed by atoms with Crippen LogP contribution in [-0.4, -0.2) is 31.2 Å². The molecule has 0 aliphatic carbocycles. The highest BCUT2D eigenvalue weighted by Gasteiger charge is 2.18. The summed E-state index contributed by atoms with van der Waals surface area (Å²) in [5, 5.41) is 3.48. The van der Waals surface area contributed by atoms with Crippen LogP contribution in [0.15, 0.2) is 34.3 Å². The van der Waals surface area contributed by atoms with Crippen molar-refractivity contribution in [2.24, 2.45) is 0 Å². The van der Waals surface area contributed by atoms with E-state index in [1.165, 1.54) is 11.8 Å². The van der Waals surface area contributed by atoms with E-state index in [1.807, 2.05) is 26.8 Å². The number of aromatic amines is 1. The Morgan fingerprint density at radius 3 is 2.96 bits per heavy atom. The first-order valence-electron chi connectivity index (χ1n) is 8.55. The van der Waals surface area contributed by atoms with Gasteiger partial charge in [-0.15, -0.1) is 0 Å². The van der Waals surface area contributed by atoms with Gasteiger partial charge in [0.1, 0.15) is 5.52 Å². The Morgan fingerprint density at radius 1 is 1.48 bits per heavy atom. The van der Waals surface area contributed by atoms with Crippen LogP contribution in [0, 0.1) is 6.92 Å². The lowest BCUT2D eigenvalue weighted by molar-refractivity contribution is -0.113. The van der Waals surface area contributed by atoms with Gasteiger partial charge >= 0.3 is 0 Å². The zero-order valence-corrected chi connectivity index (χ0v) is 16.8. The van der Waals surface area contributed by atoms with Crippen molar-refractivity contribution in [3.05, 3.63) is 45.6 Å².